The molecule has 1 heterocycles. The SMILES string of the molecule is Cc1cccc(Oc2ccncc2CCl)c1F. The predicted molar refractivity (Wildman–Crippen MR) is 65.0 cm³/mol. The quantitative estimate of drug-likeness (QED) is 0.768. The van der Waals surface area contributed by atoms with E-state index in [0.717, 1.165) is 5.56 Å². The third-order valence-electron chi connectivity index (χ3n) is 2.38. The summed E-state index contributed by atoms with van der Waals surface area (Å²) in [6.07, 6.45) is 3.19. The van der Waals surface area contributed by atoms with Crippen LogP contribution in [0.1, 0.15) is 11.1 Å². The number of halogens is 2. The van der Waals surface area contributed by atoms with Gasteiger partial charge in [0.05, 0.1) is 5.88 Å². The number of nitrogens with zero attached hydrogens (tertiary/aromatic N) is 1. The van der Waals surface area contributed by atoms with Gasteiger partial charge < -0.3 is 4.74 Å². The number of pyridine rings is 1. The van der Waals surface area contributed by atoms with Crippen LogP contribution in [0.3, 0.4) is 0 Å². The van der Waals surface area contributed by atoms with Crippen LogP contribution >= 0.6 is 11.6 Å². The summed E-state index contributed by atoms with van der Waals surface area (Å²) < 4.78 is 19.3. The van der Waals surface area contributed by atoms with Crippen LogP contribution in [-0.4, -0.2) is 4.98 Å². The van der Waals surface area contributed by atoms with Crippen molar-refractivity contribution < 1.29 is 9.13 Å². The molecule has 1 aromatic heterocycles. The van der Waals surface area contributed by atoms with Crippen LogP contribution in [0.25, 0.3) is 0 Å². The van der Waals surface area contributed by atoms with E-state index in [-0.39, 0.29) is 17.4 Å². The number of rotatable bonds is 3. The van der Waals surface area contributed by atoms with Crippen molar-refractivity contribution in [3.8, 4) is 11.5 Å². The lowest BCUT2D eigenvalue weighted by Gasteiger charge is -2.10. The molecule has 0 amide bonds. The van der Waals surface area contributed by atoms with Crippen molar-refractivity contribution in [3.63, 3.8) is 0 Å². The maximum absolute atomic E-state index is 13.7. The van der Waals surface area contributed by atoms with Crippen LogP contribution in [0.15, 0.2) is 36.7 Å². The number of alkyl halides is 1. The molecule has 0 radical (unpaired) electrons. The van der Waals surface area contributed by atoms with E-state index in [0.29, 0.717) is 11.3 Å². The van der Waals surface area contributed by atoms with Crippen LogP contribution in [0.4, 0.5) is 4.39 Å². The van der Waals surface area contributed by atoms with Gasteiger partial charge in [-0.2, -0.15) is 0 Å². The topological polar surface area (TPSA) is 22.1 Å². The molecule has 0 aliphatic heterocycles. The van der Waals surface area contributed by atoms with Crippen LogP contribution in [0, 0.1) is 12.7 Å². The van der Waals surface area contributed by atoms with Crippen molar-refractivity contribution in [2.75, 3.05) is 0 Å². The first-order valence-electron chi connectivity index (χ1n) is 5.14. The summed E-state index contributed by atoms with van der Waals surface area (Å²) in [5, 5.41) is 0. The van der Waals surface area contributed by atoms with E-state index in [1.54, 1.807) is 43.6 Å². The summed E-state index contributed by atoms with van der Waals surface area (Å²) in [6.45, 7) is 1.69. The van der Waals surface area contributed by atoms with Crippen molar-refractivity contribution in [1.82, 2.24) is 4.98 Å². The van der Waals surface area contributed by atoms with Crippen molar-refractivity contribution >= 4 is 11.6 Å². The Balaban J connectivity index is 2.35. The normalized spacial score (nSPS) is 10.3. The van der Waals surface area contributed by atoms with E-state index in [2.05, 4.69) is 4.98 Å². The number of aromatic nitrogens is 1. The smallest absolute Gasteiger partial charge is 0.168 e. The van der Waals surface area contributed by atoms with Crippen molar-refractivity contribution in [2.24, 2.45) is 0 Å². The molecule has 0 bridgehead atoms. The van der Waals surface area contributed by atoms with Gasteiger partial charge in [-0.25, -0.2) is 4.39 Å². The average Bonchev–Trinajstić information content (AvgIpc) is 2.35. The molecule has 0 aliphatic rings. The lowest BCUT2D eigenvalue weighted by molar-refractivity contribution is 0.436. The third kappa shape index (κ3) is 2.56. The minimum absolute atomic E-state index is 0.197. The molecule has 0 saturated heterocycles. The van der Waals surface area contributed by atoms with E-state index in [1.165, 1.54) is 0 Å². The van der Waals surface area contributed by atoms with Crippen molar-refractivity contribution in [3.05, 3.63) is 53.6 Å². The highest BCUT2D eigenvalue weighted by atomic mass is 35.5. The summed E-state index contributed by atoms with van der Waals surface area (Å²) >= 11 is 5.76. The van der Waals surface area contributed by atoms with Crippen LogP contribution in [0.5, 0.6) is 11.5 Å². The zero-order valence-corrected chi connectivity index (χ0v) is 10.0. The molecule has 4 heteroatoms. The Morgan fingerprint density at radius 2 is 2.12 bits per heavy atom. The van der Waals surface area contributed by atoms with Crippen LogP contribution < -0.4 is 4.74 Å². The molecule has 0 unspecified atom stereocenters. The van der Waals surface area contributed by atoms with E-state index < -0.39 is 0 Å². The zero-order chi connectivity index (χ0) is 12.3. The molecule has 0 spiro atoms. The maximum Gasteiger partial charge on any atom is 0.168 e. The van der Waals surface area contributed by atoms with Crippen molar-refractivity contribution in [2.45, 2.75) is 12.8 Å². The molecular formula is C13H11ClFNO. The van der Waals surface area contributed by atoms with E-state index in [4.69, 9.17) is 16.3 Å². The van der Waals surface area contributed by atoms with Gasteiger partial charge >= 0.3 is 0 Å². The number of hydrogen-bond acceptors (Lipinski definition) is 2. The number of hydrogen-bond donors (Lipinski definition) is 0. The molecule has 2 aromatic rings. The van der Waals surface area contributed by atoms with Gasteiger partial charge in [-0.15, -0.1) is 11.6 Å². The van der Waals surface area contributed by atoms with Crippen molar-refractivity contribution in [1.29, 1.82) is 0 Å². The lowest BCUT2D eigenvalue weighted by atomic mass is 10.2. The Labute approximate surface area is 104 Å². The minimum Gasteiger partial charge on any atom is -0.454 e. The Morgan fingerprint density at radius 3 is 2.88 bits per heavy atom. The summed E-state index contributed by atoms with van der Waals surface area (Å²) in [4.78, 5) is 3.94. The van der Waals surface area contributed by atoms with Crippen LogP contribution in [-0.2, 0) is 5.88 Å². The largest absolute Gasteiger partial charge is 0.454 e. The van der Waals surface area contributed by atoms with Gasteiger partial charge in [0.2, 0.25) is 0 Å². The Kier molecular flexibility index (Phi) is 3.59. The summed E-state index contributed by atoms with van der Waals surface area (Å²) in [6, 6.07) is 6.69. The lowest BCUT2D eigenvalue weighted by Crippen LogP contribution is -1.94. The Hall–Kier alpha value is -1.61. The minimum atomic E-state index is -0.357. The first kappa shape index (κ1) is 11.9. The fourth-order valence-electron chi connectivity index (χ4n) is 1.43. The first-order valence-corrected chi connectivity index (χ1v) is 5.67. The molecule has 17 heavy (non-hydrogen) atoms. The van der Waals surface area contributed by atoms with Crippen LogP contribution in [0.2, 0.25) is 0 Å². The third-order valence-corrected chi connectivity index (χ3v) is 2.67. The number of aryl methyl sites for hydroxylation is 1. The monoisotopic (exact) mass is 251 g/mol. The molecular weight excluding hydrogens is 241 g/mol. The fourth-order valence-corrected chi connectivity index (χ4v) is 1.63. The molecule has 0 aliphatic carbocycles. The van der Waals surface area contributed by atoms with E-state index in [1.807, 2.05) is 0 Å². The predicted octanol–water partition coefficient (Wildman–Crippen LogP) is 4.06. The standard InChI is InChI=1S/C13H11ClFNO/c1-9-3-2-4-12(13(9)15)17-11-5-6-16-8-10(11)7-14/h2-6,8H,7H2,1H3. The summed E-state index contributed by atoms with van der Waals surface area (Å²) in [5.74, 6) is 0.642. The first-order chi connectivity index (χ1) is 8.22. The maximum atomic E-state index is 13.7. The molecule has 0 N–H and O–H groups in total. The summed E-state index contributed by atoms with van der Waals surface area (Å²) in [5.41, 5.74) is 1.28. The molecule has 0 saturated carbocycles. The highest BCUT2D eigenvalue weighted by molar-refractivity contribution is 6.17. The second-order valence-electron chi connectivity index (χ2n) is 3.61. The van der Waals surface area contributed by atoms with E-state index >= 15 is 0 Å². The summed E-state index contributed by atoms with van der Waals surface area (Å²) in [7, 11) is 0. The fraction of sp³-hybridized carbons (Fsp3) is 0.154. The van der Waals surface area contributed by atoms with Gasteiger partial charge in [0.1, 0.15) is 5.75 Å². The second kappa shape index (κ2) is 5.15. The molecule has 0 fully saturated rings. The van der Waals surface area contributed by atoms with E-state index in [9.17, 15) is 4.39 Å². The molecule has 88 valence electrons. The second-order valence-corrected chi connectivity index (χ2v) is 3.87. The van der Waals surface area contributed by atoms with Gasteiger partial charge in [0, 0.05) is 18.0 Å². The Bertz CT molecular complexity index is 531. The van der Waals surface area contributed by atoms with Gasteiger partial charge in [0.15, 0.2) is 11.6 Å². The van der Waals surface area contributed by atoms with Gasteiger partial charge in [0.25, 0.3) is 0 Å². The number of ether oxygens (including phenoxy) is 1. The van der Waals surface area contributed by atoms with Gasteiger partial charge in [-0.3, -0.25) is 4.98 Å². The highest BCUT2D eigenvalue weighted by Gasteiger charge is 2.09. The molecule has 0 atom stereocenters. The average molecular weight is 252 g/mol. The van der Waals surface area contributed by atoms with Gasteiger partial charge in [-0.1, -0.05) is 12.1 Å². The molecule has 1 aromatic carbocycles. The highest BCUT2D eigenvalue weighted by Crippen LogP contribution is 2.28. The molecule has 2 rings (SSSR count). The molecule has 2 nitrogen and oxygen atoms in total. The Morgan fingerprint density at radius 1 is 1.29 bits per heavy atom. The zero-order valence-electron chi connectivity index (χ0n) is 9.28. The number of benzene rings is 1. The van der Waals surface area contributed by atoms with Gasteiger partial charge in [-0.05, 0) is 24.6 Å².